The first kappa shape index (κ1) is 19.9. The zero-order valence-corrected chi connectivity index (χ0v) is 19.0. The molecule has 164 valence electrons. The number of piperidine rings is 1. The van der Waals surface area contributed by atoms with Gasteiger partial charge in [0.1, 0.15) is 0 Å². The van der Waals surface area contributed by atoms with Gasteiger partial charge in [0.2, 0.25) is 0 Å². The van der Waals surface area contributed by atoms with Crippen LogP contribution in [0.2, 0.25) is 0 Å². The predicted molar refractivity (Wildman–Crippen MR) is 134 cm³/mol. The van der Waals surface area contributed by atoms with Crippen LogP contribution in [-0.2, 0) is 0 Å². The predicted octanol–water partition coefficient (Wildman–Crippen LogP) is 6.38. The lowest BCUT2D eigenvalue weighted by molar-refractivity contribution is 0.414. The molecular weight excluding hydrogens is 406 g/mol. The number of anilines is 1. The Morgan fingerprint density at radius 1 is 0.788 bits per heavy atom. The van der Waals surface area contributed by atoms with Gasteiger partial charge in [0.05, 0.1) is 11.7 Å². The van der Waals surface area contributed by atoms with Crippen molar-refractivity contribution in [2.24, 2.45) is 0 Å². The molecule has 2 atom stereocenters. The smallest absolute Gasteiger partial charge is 0.162 e. The van der Waals surface area contributed by atoms with Crippen molar-refractivity contribution in [2.75, 3.05) is 4.90 Å². The van der Waals surface area contributed by atoms with Gasteiger partial charge >= 0.3 is 0 Å². The molecule has 1 saturated heterocycles. The largest absolute Gasteiger partial charge is 0.366 e. The highest BCUT2D eigenvalue weighted by Gasteiger charge is 2.24. The molecule has 0 amide bonds. The fourth-order valence-electron chi connectivity index (χ4n) is 5.30. The van der Waals surface area contributed by atoms with Gasteiger partial charge in [-0.25, -0.2) is 9.50 Å². The molecule has 0 N–H and O–H groups in total. The first-order valence-electron chi connectivity index (χ1n) is 11.8. The summed E-state index contributed by atoms with van der Waals surface area (Å²) in [6, 6.07) is 20.3. The van der Waals surface area contributed by atoms with Gasteiger partial charge in [-0.15, -0.1) is 0 Å². The fraction of sp³-hybridized carbons (Fsp3) is 0.250. The van der Waals surface area contributed by atoms with Gasteiger partial charge in [0, 0.05) is 52.9 Å². The van der Waals surface area contributed by atoms with Crippen molar-refractivity contribution in [3.63, 3.8) is 0 Å². The molecule has 0 saturated carbocycles. The van der Waals surface area contributed by atoms with E-state index in [1.165, 1.54) is 24.9 Å². The van der Waals surface area contributed by atoms with Gasteiger partial charge in [-0.3, -0.25) is 4.98 Å². The molecule has 0 bridgehead atoms. The van der Waals surface area contributed by atoms with Crippen molar-refractivity contribution in [3.05, 3.63) is 79.4 Å². The highest BCUT2D eigenvalue weighted by atomic mass is 15.2. The Kier molecular flexibility index (Phi) is 4.83. The van der Waals surface area contributed by atoms with Crippen LogP contribution in [0.25, 0.3) is 38.8 Å². The lowest BCUT2D eigenvalue weighted by Crippen LogP contribution is -2.43. The van der Waals surface area contributed by atoms with Crippen molar-refractivity contribution < 1.29 is 0 Å². The Bertz CT molecular complexity index is 1420. The summed E-state index contributed by atoms with van der Waals surface area (Å²) in [5.74, 6) is 0. The molecule has 5 nitrogen and oxygen atoms in total. The number of fused-ring (bicyclic) bond motifs is 2. The zero-order valence-electron chi connectivity index (χ0n) is 19.0. The highest BCUT2D eigenvalue weighted by molar-refractivity contribution is 5.97. The van der Waals surface area contributed by atoms with Gasteiger partial charge in [0.25, 0.3) is 0 Å². The maximum Gasteiger partial charge on any atom is 0.162 e. The first-order valence-corrected chi connectivity index (χ1v) is 11.8. The van der Waals surface area contributed by atoms with E-state index in [2.05, 4.69) is 65.4 Å². The monoisotopic (exact) mass is 433 g/mol. The standard InChI is InChI=1S/C28H27N5/c1-19-6-5-7-20(2)33(19)23-12-10-21(11-13-23)22-16-30-28-26(17-31-32(28)18-22)24-14-15-29-27-9-4-3-8-25(24)27/h3-4,8-20H,5-7H2,1-2H3/t19-,20+. The number of para-hydroxylation sites is 1. The van der Waals surface area contributed by atoms with Crippen LogP contribution in [0, 0.1) is 0 Å². The zero-order chi connectivity index (χ0) is 22.4. The second-order valence-electron chi connectivity index (χ2n) is 9.13. The topological polar surface area (TPSA) is 46.3 Å². The number of hydrogen-bond acceptors (Lipinski definition) is 4. The minimum absolute atomic E-state index is 0.587. The number of pyridine rings is 1. The van der Waals surface area contributed by atoms with Crippen molar-refractivity contribution in [1.82, 2.24) is 19.6 Å². The molecule has 1 aliphatic heterocycles. The van der Waals surface area contributed by atoms with Crippen molar-refractivity contribution >= 4 is 22.2 Å². The summed E-state index contributed by atoms with van der Waals surface area (Å²) in [4.78, 5) is 11.9. The Hall–Kier alpha value is -3.73. The van der Waals surface area contributed by atoms with E-state index in [1.54, 1.807) is 0 Å². The lowest BCUT2D eigenvalue weighted by Gasteiger charge is -2.41. The number of benzene rings is 2. The average molecular weight is 434 g/mol. The summed E-state index contributed by atoms with van der Waals surface area (Å²) < 4.78 is 1.88. The summed E-state index contributed by atoms with van der Waals surface area (Å²) in [5, 5.41) is 5.73. The van der Waals surface area contributed by atoms with E-state index >= 15 is 0 Å². The molecule has 0 aliphatic carbocycles. The maximum absolute atomic E-state index is 4.81. The van der Waals surface area contributed by atoms with Crippen molar-refractivity contribution in [1.29, 1.82) is 0 Å². The van der Waals surface area contributed by atoms with Crippen LogP contribution in [0.1, 0.15) is 33.1 Å². The van der Waals surface area contributed by atoms with E-state index in [4.69, 9.17) is 4.98 Å². The van der Waals surface area contributed by atoms with Gasteiger partial charge in [-0.05, 0) is 68.5 Å². The third kappa shape index (κ3) is 3.44. The minimum Gasteiger partial charge on any atom is -0.366 e. The number of aromatic nitrogens is 4. The van der Waals surface area contributed by atoms with Crippen LogP contribution in [0.4, 0.5) is 5.69 Å². The Morgan fingerprint density at radius 3 is 2.39 bits per heavy atom. The van der Waals surface area contributed by atoms with E-state index in [-0.39, 0.29) is 0 Å². The van der Waals surface area contributed by atoms with Crippen LogP contribution >= 0.6 is 0 Å². The Labute approximate surface area is 193 Å². The lowest BCUT2D eigenvalue weighted by atomic mass is 9.96. The molecule has 1 aliphatic rings. The molecule has 5 aromatic rings. The molecular formula is C28H27N5. The van der Waals surface area contributed by atoms with Crippen molar-refractivity contribution in [3.8, 4) is 22.3 Å². The van der Waals surface area contributed by atoms with Crippen LogP contribution in [0.5, 0.6) is 0 Å². The normalized spacial score (nSPS) is 18.8. The number of nitrogens with zero attached hydrogens (tertiary/aromatic N) is 5. The van der Waals surface area contributed by atoms with E-state index < -0.39 is 0 Å². The molecule has 33 heavy (non-hydrogen) atoms. The maximum atomic E-state index is 4.81. The molecule has 2 aromatic carbocycles. The third-order valence-electron chi connectivity index (χ3n) is 6.99. The molecule has 0 radical (unpaired) electrons. The van der Waals surface area contributed by atoms with Crippen LogP contribution in [0.3, 0.4) is 0 Å². The van der Waals surface area contributed by atoms with Crippen LogP contribution in [0.15, 0.2) is 79.4 Å². The quantitative estimate of drug-likeness (QED) is 0.331. The van der Waals surface area contributed by atoms with E-state index in [0.29, 0.717) is 12.1 Å². The van der Waals surface area contributed by atoms with Crippen LogP contribution < -0.4 is 4.90 Å². The van der Waals surface area contributed by atoms with Gasteiger partial charge < -0.3 is 4.90 Å². The third-order valence-corrected chi connectivity index (χ3v) is 6.99. The Balaban J connectivity index is 1.35. The molecule has 3 aromatic heterocycles. The summed E-state index contributed by atoms with van der Waals surface area (Å²) in [7, 11) is 0. The van der Waals surface area contributed by atoms with E-state index in [9.17, 15) is 0 Å². The number of rotatable bonds is 3. The molecule has 5 heteroatoms. The van der Waals surface area contributed by atoms with Gasteiger partial charge in [-0.1, -0.05) is 30.3 Å². The molecule has 0 unspecified atom stereocenters. The fourth-order valence-corrected chi connectivity index (χ4v) is 5.30. The molecule has 4 heterocycles. The first-order chi connectivity index (χ1) is 16.2. The minimum atomic E-state index is 0.587. The summed E-state index contributed by atoms with van der Waals surface area (Å²) in [6.45, 7) is 4.67. The van der Waals surface area contributed by atoms with Crippen molar-refractivity contribution in [2.45, 2.75) is 45.2 Å². The number of hydrogen-bond donors (Lipinski definition) is 0. The molecule has 6 rings (SSSR count). The SMILES string of the molecule is C[C@@H]1CCC[C@H](C)N1c1ccc(-c2cnc3c(-c4ccnc5ccccc45)cnn3c2)cc1. The second kappa shape index (κ2) is 8.00. The Morgan fingerprint density at radius 2 is 1.58 bits per heavy atom. The highest BCUT2D eigenvalue weighted by Crippen LogP contribution is 2.32. The van der Waals surface area contributed by atoms with Gasteiger partial charge in [0.15, 0.2) is 5.65 Å². The summed E-state index contributed by atoms with van der Waals surface area (Å²) >= 11 is 0. The van der Waals surface area contributed by atoms with Gasteiger partial charge in [-0.2, -0.15) is 5.10 Å². The molecule has 1 fully saturated rings. The second-order valence-corrected chi connectivity index (χ2v) is 9.13. The summed E-state index contributed by atoms with van der Waals surface area (Å²) in [6.07, 6.45) is 11.6. The summed E-state index contributed by atoms with van der Waals surface area (Å²) in [5.41, 5.74) is 7.46. The molecule has 0 spiro atoms. The van der Waals surface area contributed by atoms with Crippen LogP contribution in [-0.4, -0.2) is 31.7 Å². The average Bonchev–Trinajstić information content (AvgIpc) is 3.27. The van der Waals surface area contributed by atoms with E-state index in [0.717, 1.165) is 38.8 Å². The van der Waals surface area contributed by atoms with E-state index in [1.807, 2.05) is 47.4 Å².